The number of piperidine rings is 1. The molecule has 2 heterocycles. The van der Waals surface area contributed by atoms with Crippen LogP contribution in [0.3, 0.4) is 0 Å². The van der Waals surface area contributed by atoms with E-state index in [0.29, 0.717) is 16.5 Å². The van der Waals surface area contributed by atoms with Crippen molar-refractivity contribution >= 4 is 23.6 Å². The van der Waals surface area contributed by atoms with E-state index in [-0.39, 0.29) is 32.5 Å². The second kappa shape index (κ2) is 9.96. The van der Waals surface area contributed by atoms with Crippen LogP contribution in [0.1, 0.15) is 37.1 Å². The van der Waals surface area contributed by atoms with Crippen LogP contribution in [-0.4, -0.2) is 58.3 Å². The number of carbonyl (C=O) groups excluding carboxylic acids is 2. The molecule has 1 fully saturated rings. The fourth-order valence-electron chi connectivity index (χ4n) is 2.94. The monoisotopic (exact) mass is 436 g/mol. The molecule has 0 spiro atoms. The maximum atomic E-state index is 13.0. The lowest BCUT2D eigenvalue weighted by molar-refractivity contribution is -0.156. The van der Waals surface area contributed by atoms with Gasteiger partial charge in [0, 0.05) is 18.8 Å². The molecular weight excluding hydrogens is 416 g/mol. The summed E-state index contributed by atoms with van der Waals surface area (Å²) < 4.78 is 57.2. The van der Waals surface area contributed by atoms with Gasteiger partial charge in [-0.3, -0.25) is 14.3 Å². The van der Waals surface area contributed by atoms with Gasteiger partial charge in [0.25, 0.3) is 12.9 Å². The van der Waals surface area contributed by atoms with Gasteiger partial charge in [-0.1, -0.05) is 0 Å². The molecule has 0 aliphatic carbocycles. The lowest BCUT2D eigenvalue weighted by Gasteiger charge is -2.35. The van der Waals surface area contributed by atoms with Gasteiger partial charge in [0.15, 0.2) is 5.41 Å². The van der Waals surface area contributed by atoms with Gasteiger partial charge in [-0.15, -0.1) is 0 Å². The normalized spacial score (nSPS) is 16.1. The summed E-state index contributed by atoms with van der Waals surface area (Å²) in [5.41, 5.74) is -2.96. The van der Waals surface area contributed by atoms with Gasteiger partial charge in [-0.25, -0.2) is 17.6 Å². The summed E-state index contributed by atoms with van der Waals surface area (Å²) in [5.74, 6) is -0.665. The van der Waals surface area contributed by atoms with Crippen molar-refractivity contribution in [3.05, 3.63) is 17.5 Å². The fraction of sp³-hybridized carbons (Fsp3) is 0.647. The largest absolute Gasteiger partial charge is 0.464 e. The Morgan fingerprint density at radius 3 is 2.48 bits per heavy atom. The van der Waals surface area contributed by atoms with E-state index in [1.165, 1.54) is 16.7 Å². The molecular formula is C17H20F4N4O3S. The van der Waals surface area contributed by atoms with Crippen LogP contribution in [0.15, 0.2) is 6.07 Å². The quantitative estimate of drug-likeness (QED) is 0.354. The lowest BCUT2D eigenvalue weighted by atomic mass is 9.80. The third kappa shape index (κ3) is 5.41. The molecule has 7 nitrogen and oxygen atoms in total. The zero-order chi connectivity index (χ0) is 21.6. The molecule has 2 rings (SSSR count). The number of hydrogen-bond acceptors (Lipinski definition) is 6. The number of nitrogens with zero attached hydrogens (tertiary/aromatic N) is 4. The molecule has 0 bridgehead atoms. The van der Waals surface area contributed by atoms with Gasteiger partial charge in [0.1, 0.15) is 24.5 Å². The van der Waals surface area contributed by atoms with Crippen LogP contribution in [0.2, 0.25) is 0 Å². The van der Waals surface area contributed by atoms with Gasteiger partial charge in [0.2, 0.25) is 5.91 Å². The smallest absolute Gasteiger partial charge is 0.326 e. The van der Waals surface area contributed by atoms with Crippen LogP contribution in [0, 0.1) is 16.7 Å². The highest BCUT2D eigenvalue weighted by Gasteiger charge is 2.44. The molecule has 12 heteroatoms. The molecule has 1 aliphatic rings. The number of thioether (sulfide) groups is 1. The Hall–Kier alpha value is -2.29. The van der Waals surface area contributed by atoms with Gasteiger partial charge in [0.05, 0.1) is 6.07 Å². The van der Waals surface area contributed by atoms with E-state index < -0.39 is 48.1 Å². The Kier molecular flexibility index (Phi) is 7.89. The van der Waals surface area contributed by atoms with E-state index in [2.05, 4.69) is 5.10 Å². The van der Waals surface area contributed by atoms with Crippen LogP contribution in [0.25, 0.3) is 0 Å². The van der Waals surface area contributed by atoms with Crippen LogP contribution >= 0.6 is 11.8 Å². The Morgan fingerprint density at radius 1 is 1.31 bits per heavy atom. The van der Waals surface area contributed by atoms with E-state index in [9.17, 15) is 32.4 Å². The highest BCUT2D eigenvalue weighted by molar-refractivity contribution is 7.98. The molecule has 29 heavy (non-hydrogen) atoms. The Labute approximate surface area is 169 Å². The zero-order valence-corrected chi connectivity index (χ0v) is 16.4. The Bertz CT molecular complexity index is 773. The number of carbonyl (C=O) groups is 2. The zero-order valence-electron chi connectivity index (χ0n) is 15.6. The van der Waals surface area contributed by atoms with Crippen LogP contribution in [0.4, 0.5) is 17.6 Å². The molecule has 0 atom stereocenters. The third-order valence-electron chi connectivity index (χ3n) is 4.66. The van der Waals surface area contributed by atoms with Gasteiger partial charge < -0.3 is 9.64 Å². The van der Waals surface area contributed by atoms with E-state index >= 15 is 0 Å². The first-order chi connectivity index (χ1) is 13.7. The number of hydrogen-bond donors (Lipinski definition) is 0. The number of halogens is 4. The summed E-state index contributed by atoms with van der Waals surface area (Å²) in [6, 6.07) is 2.55. The molecule has 1 aromatic rings. The number of esters is 1. The first kappa shape index (κ1) is 23.0. The molecule has 1 saturated heterocycles. The van der Waals surface area contributed by atoms with Crippen LogP contribution in [-0.2, 0) is 20.9 Å². The van der Waals surface area contributed by atoms with Crippen molar-refractivity contribution in [3.8, 4) is 6.07 Å². The predicted octanol–water partition coefficient (Wildman–Crippen LogP) is 2.80. The number of rotatable bonds is 8. The summed E-state index contributed by atoms with van der Waals surface area (Å²) in [7, 11) is 0. The molecule has 1 aromatic heterocycles. The average Bonchev–Trinajstić information content (AvgIpc) is 3.12. The van der Waals surface area contributed by atoms with Crippen LogP contribution in [0.5, 0.6) is 0 Å². The van der Waals surface area contributed by atoms with Gasteiger partial charge >= 0.3 is 5.97 Å². The first-order valence-corrected chi connectivity index (χ1v) is 10.1. The summed E-state index contributed by atoms with van der Waals surface area (Å²) in [5, 5.41) is 12.8. The fourth-order valence-corrected chi connectivity index (χ4v) is 3.19. The number of nitriles is 1. The van der Waals surface area contributed by atoms with Crippen LogP contribution < -0.4 is 0 Å². The van der Waals surface area contributed by atoms with E-state index in [1.54, 1.807) is 0 Å². The number of ether oxygens (including phenoxy) is 1. The van der Waals surface area contributed by atoms with Crippen molar-refractivity contribution in [2.24, 2.45) is 5.41 Å². The average molecular weight is 436 g/mol. The molecule has 0 N–H and O–H groups in total. The maximum Gasteiger partial charge on any atom is 0.326 e. The maximum absolute atomic E-state index is 13.0. The van der Waals surface area contributed by atoms with Crippen molar-refractivity contribution < 1.29 is 31.9 Å². The SMILES string of the molecule is CSCCOC(=O)C1(C#N)CCN(C(=O)Cn2nc(C(F)F)cc2C(F)F)CC1. The first-order valence-electron chi connectivity index (χ1n) is 8.73. The molecule has 1 aliphatic heterocycles. The number of alkyl halides is 4. The molecule has 160 valence electrons. The summed E-state index contributed by atoms with van der Waals surface area (Å²) in [4.78, 5) is 26.0. The highest BCUT2D eigenvalue weighted by atomic mass is 32.2. The molecule has 0 unspecified atom stereocenters. The number of likely N-dealkylation sites (tertiary alicyclic amines) is 1. The third-order valence-corrected chi connectivity index (χ3v) is 5.23. The standard InChI is InChI=1S/C17H20F4N4O3S/c1-29-7-6-28-16(27)17(10-22)2-4-24(5-3-17)13(26)9-25-12(15(20)21)8-11(23-25)14(18)19/h8,14-15H,2-7,9H2,1H3. The highest BCUT2D eigenvalue weighted by Crippen LogP contribution is 2.33. The summed E-state index contributed by atoms with van der Waals surface area (Å²) in [6.45, 7) is -0.383. The lowest BCUT2D eigenvalue weighted by Crippen LogP contribution is -2.47. The Balaban J connectivity index is 2.01. The van der Waals surface area contributed by atoms with Gasteiger partial charge in [-0.2, -0.15) is 22.1 Å². The van der Waals surface area contributed by atoms with Gasteiger partial charge in [-0.05, 0) is 25.2 Å². The number of aromatic nitrogens is 2. The van der Waals surface area contributed by atoms with E-state index in [1.807, 2.05) is 12.3 Å². The van der Waals surface area contributed by atoms with E-state index in [4.69, 9.17) is 4.74 Å². The minimum Gasteiger partial charge on any atom is -0.464 e. The van der Waals surface area contributed by atoms with Crippen molar-refractivity contribution in [2.45, 2.75) is 32.2 Å². The van der Waals surface area contributed by atoms with E-state index in [0.717, 1.165) is 0 Å². The second-order valence-corrected chi connectivity index (χ2v) is 7.44. The Morgan fingerprint density at radius 2 is 1.97 bits per heavy atom. The minimum atomic E-state index is -3.06. The molecule has 0 saturated carbocycles. The molecule has 1 amide bonds. The second-order valence-electron chi connectivity index (χ2n) is 6.46. The summed E-state index contributed by atoms with van der Waals surface area (Å²) in [6.07, 6.45) is -4.17. The van der Waals surface area contributed by atoms with Crippen molar-refractivity contribution in [1.82, 2.24) is 14.7 Å². The molecule has 0 aromatic carbocycles. The predicted molar refractivity (Wildman–Crippen MR) is 95.3 cm³/mol. The molecule has 0 radical (unpaired) electrons. The summed E-state index contributed by atoms with van der Waals surface area (Å²) >= 11 is 1.49. The number of amides is 1. The van der Waals surface area contributed by atoms with Crippen molar-refractivity contribution in [3.63, 3.8) is 0 Å². The van der Waals surface area contributed by atoms with Crippen molar-refractivity contribution in [1.29, 1.82) is 5.26 Å². The minimum absolute atomic E-state index is 0.0381. The topological polar surface area (TPSA) is 88.2 Å². The van der Waals surface area contributed by atoms with Crippen molar-refractivity contribution in [2.75, 3.05) is 31.7 Å².